The fourth-order valence-corrected chi connectivity index (χ4v) is 1.81. The van der Waals surface area contributed by atoms with Gasteiger partial charge in [-0.2, -0.15) is 11.3 Å². The van der Waals surface area contributed by atoms with E-state index in [1.54, 1.807) is 11.3 Å². The van der Waals surface area contributed by atoms with E-state index in [-0.39, 0.29) is 5.91 Å². The Hall–Kier alpha value is -0.870. The van der Waals surface area contributed by atoms with Crippen molar-refractivity contribution in [3.05, 3.63) is 22.4 Å². The van der Waals surface area contributed by atoms with Gasteiger partial charge in [0.05, 0.1) is 0 Å². The Morgan fingerprint density at radius 2 is 2.54 bits per heavy atom. The largest absolute Gasteiger partial charge is 0.370 e. The number of hydrogen-bond acceptors (Lipinski definition) is 3. The highest BCUT2D eigenvalue weighted by Crippen LogP contribution is 2.14. The minimum atomic E-state index is -0.259. The second-order valence-electron chi connectivity index (χ2n) is 2.95. The SMILES string of the molecule is CC(NCCC(N)=O)c1ccsc1. The molecule has 3 nitrogen and oxygen atoms in total. The van der Waals surface area contributed by atoms with Crippen molar-refractivity contribution in [2.75, 3.05) is 6.54 Å². The van der Waals surface area contributed by atoms with Crippen molar-refractivity contribution in [3.63, 3.8) is 0 Å². The highest BCUT2D eigenvalue weighted by Gasteiger charge is 2.04. The van der Waals surface area contributed by atoms with E-state index in [9.17, 15) is 4.79 Å². The van der Waals surface area contributed by atoms with Crippen LogP contribution in [0.15, 0.2) is 16.8 Å². The first-order valence-electron chi connectivity index (χ1n) is 4.24. The van der Waals surface area contributed by atoms with Gasteiger partial charge in [-0.15, -0.1) is 0 Å². The van der Waals surface area contributed by atoms with Crippen LogP contribution in [-0.4, -0.2) is 12.5 Å². The highest BCUT2D eigenvalue weighted by molar-refractivity contribution is 7.07. The fourth-order valence-electron chi connectivity index (χ4n) is 1.05. The van der Waals surface area contributed by atoms with E-state index >= 15 is 0 Å². The van der Waals surface area contributed by atoms with Crippen LogP contribution in [0.1, 0.15) is 24.9 Å². The second-order valence-corrected chi connectivity index (χ2v) is 3.73. The minimum absolute atomic E-state index is 0.259. The number of hydrogen-bond donors (Lipinski definition) is 2. The predicted octanol–water partition coefficient (Wildman–Crippen LogP) is 1.27. The molecule has 1 atom stereocenters. The summed E-state index contributed by atoms with van der Waals surface area (Å²) in [5.41, 5.74) is 6.28. The van der Waals surface area contributed by atoms with Crippen molar-refractivity contribution in [1.82, 2.24) is 5.32 Å². The lowest BCUT2D eigenvalue weighted by molar-refractivity contribution is -0.117. The Kier molecular flexibility index (Phi) is 3.92. The fraction of sp³-hybridized carbons (Fsp3) is 0.444. The third kappa shape index (κ3) is 3.57. The maximum Gasteiger partial charge on any atom is 0.218 e. The van der Waals surface area contributed by atoms with Crippen molar-refractivity contribution in [3.8, 4) is 0 Å². The number of nitrogens with two attached hydrogens (primary N) is 1. The molecule has 0 aliphatic rings. The summed E-state index contributed by atoms with van der Waals surface area (Å²) < 4.78 is 0. The topological polar surface area (TPSA) is 55.1 Å². The van der Waals surface area contributed by atoms with E-state index in [1.807, 2.05) is 5.38 Å². The molecule has 1 heterocycles. The van der Waals surface area contributed by atoms with Crippen LogP contribution in [0.3, 0.4) is 0 Å². The van der Waals surface area contributed by atoms with Gasteiger partial charge < -0.3 is 11.1 Å². The Labute approximate surface area is 81.9 Å². The molecule has 0 saturated carbocycles. The second kappa shape index (κ2) is 4.99. The van der Waals surface area contributed by atoms with E-state index < -0.39 is 0 Å². The molecule has 13 heavy (non-hydrogen) atoms. The number of carbonyl (C=O) groups excluding carboxylic acids is 1. The van der Waals surface area contributed by atoms with E-state index in [0.717, 1.165) is 0 Å². The molecule has 0 fully saturated rings. The third-order valence-electron chi connectivity index (χ3n) is 1.87. The molecule has 0 bridgehead atoms. The maximum absolute atomic E-state index is 10.5. The first-order chi connectivity index (χ1) is 6.20. The van der Waals surface area contributed by atoms with E-state index in [4.69, 9.17) is 5.73 Å². The van der Waals surface area contributed by atoms with Crippen molar-refractivity contribution in [1.29, 1.82) is 0 Å². The predicted molar refractivity (Wildman–Crippen MR) is 54.5 cm³/mol. The molecule has 1 amide bonds. The summed E-state index contributed by atoms with van der Waals surface area (Å²) in [6, 6.07) is 2.37. The Balaban J connectivity index is 2.26. The average molecular weight is 198 g/mol. The van der Waals surface area contributed by atoms with Crippen LogP contribution >= 0.6 is 11.3 Å². The van der Waals surface area contributed by atoms with Crippen LogP contribution in [0.2, 0.25) is 0 Å². The standard InChI is InChI=1S/C9H14N2OS/c1-7(8-3-5-13-6-8)11-4-2-9(10)12/h3,5-7,11H,2,4H2,1H3,(H2,10,12). The molecule has 72 valence electrons. The number of amides is 1. The monoisotopic (exact) mass is 198 g/mol. The Morgan fingerprint density at radius 1 is 1.77 bits per heavy atom. The molecule has 0 aliphatic carbocycles. The molecule has 1 aromatic rings. The van der Waals surface area contributed by atoms with E-state index in [2.05, 4.69) is 23.7 Å². The lowest BCUT2D eigenvalue weighted by Crippen LogP contribution is -2.24. The summed E-state index contributed by atoms with van der Waals surface area (Å²) in [5, 5.41) is 7.36. The van der Waals surface area contributed by atoms with Crippen molar-refractivity contribution in [2.24, 2.45) is 5.73 Å². The molecule has 0 spiro atoms. The molecular formula is C9H14N2OS. The zero-order valence-corrected chi connectivity index (χ0v) is 8.43. The van der Waals surface area contributed by atoms with Crippen LogP contribution < -0.4 is 11.1 Å². The van der Waals surface area contributed by atoms with Gasteiger partial charge in [-0.1, -0.05) is 0 Å². The van der Waals surface area contributed by atoms with E-state index in [0.29, 0.717) is 19.0 Å². The van der Waals surface area contributed by atoms with Crippen LogP contribution in [0, 0.1) is 0 Å². The summed E-state index contributed by atoms with van der Waals surface area (Å²) in [6.45, 7) is 2.72. The van der Waals surface area contributed by atoms with Crippen LogP contribution in [0.25, 0.3) is 0 Å². The molecule has 0 aromatic carbocycles. The van der Waals surface area contributed by atoms with Gasteiger partial charge in [-0.05, 0) is 29.3 Å². The quantitative estimate of drug-likeness (QED) is 0.748. The summed E-state index contributed by atoms with van der Waals surface area (Å²) in [6.07, 6.45) is 0.397. The molecule has 4 heteroatoms. The lowest BCUT2D eigenvalue weighted by atomic mass is 10.2. The van der Waals surface area contributed by atoms with Gasteiger partial charge in [0.25, 0.3) is 0 Å². The van der Waals surface area contributed by atoms with Gasteiger partial charge in [0.1, 0.15) is 0 Å². The van der Waals surface area contributed by atoms with Gasteiger partial charge in [0.15, 0.2) is 0 Å². The van der Waals surface area contributed by atoms with Gasteiger partial charge in [0, 0.05) is 19.0 Å². The number of thiophene rings is 1. The number of primary amides is 1. The lowest BCUT2D eigenvalue weighted by Gasteiger charge is -2.10. The van der Waals surface area contributed by atoms with Crippen molar-refractivity contribution < 1.29 is 4.79 Å². The molecule has 1 aromatic heterocycles. The molecule has 3 N–H and O–H groups in total. The molecule has 1 unspecified atom stereocenters. The normalized spacial score (nSPS) is 12.7. The first-order valence-corrected chi connectivity index (χ1v) is 5.18. The molecular weight excluding hydrogens is 184 g/mol. The van der Waals surface area contributed by atoms with Crippen LogP contribution in [0.5, 0.6) is 0 Å². The van der Waals surface area contributed by atoms with Gasteiger partial charge in [0.2, 0.25) is 5.91 Å². The minimum Gasteiger partial charge on any atom is -0.370 e. The average Bonchev–Trinajstić information content (AvgIpc) is 2.55. The summed E-state index contributed by atoms with van der Waals surface area (Å²) in [7, 11) is 0. The number of carbonyl (C=O) groups is 1. The van der Waals surface area contributed by atoms with Gasteiger partial charge in [-0.25, -0.2) is 0 Å². The molecule has 0 saturated heterocycles. The Bertz CT molecular complexity index is 259. The van der Waals surface area contributed by atoms with Gasteiger partial charge in [-0.3, -0.25) is 4.79 Å². The van der Waals surface area contributed by atoms with Crippen molar-refractivity contribution >= 4 is 17.2 Å². The molecule has 0 radical (unpaired) electrons. The third-order valence-corrected chi connectivity index (χ3v) is 2.57. The zero-order chi connectivity index (χ0) is 9.68. The number of nitrogens with one attached hydrogen (secondary N) is 1. The van der Waals surface area contributed by atoms with E-state index in [1.165, 1.54) is 5.56 Å². The summed E-state index contributed by atoms with van der Waals surface area (Å²) >= 11 is 1.68. The Morgan fingerprint density at radius 3 is 3.08 bits per heavy atom. The smallest absolute Gasteiger partial charge is 0.218 e. The first kappa shape index (κ1) is 10.2. The van der Waals surface area contributed by atoms with Crippen molar-refractivity contribution in [2.45, 2.75) is 19.4 Å². The zero-order valence-electron chi connectivity index (χ0n) is 7.62. The molecule has 1 rings (SSSR count). The maximum atomic E-state index is 10.5. The highest BCUT2D eigenvalue weighted by atomic mass is 32.1. The summed E-state index contributed by atoms with van der Waals surface area (Å²) in [5.74, 6) is -0.259. The van der Waals surface area contributed by atoms with Gasteiger partial charge >= 0.3 is 0 Å². The molecule has 0 aliphatic heterocycles. The van der Waals surface area contributed by atoms with Crippen LogP contribution in [0.4, 0.5) is 0 Å². The number of rotatable bonds is 5. The van der Waals surface area contributed by atoms with Crippen LogP contribution in [-0.2, 0) is 4.79 Å². The summed E-state index contributed by atoms with van der Waals surface area (Å²) in [4.78, 5) is 10.5.